The van der Waals surface area contributed by atoms with Gasteiger partial charge in [-0.25, -0.2) is 13.6 Å². The number of likely N-dealkylation sites (tertiary alicyclic amines) is 1. The van der Waals surface area contributed by atoms with Crippen LogP contribution in [0, 0.1) is 11.6 Å². The summed E-state index contributed by atoms with van der Waals surface area (Å²) in [6.45, 7) is 0.864. The summed E-state index contributed by atoms with van der Waals surface area (Å²) in [5.41, 5.74) is 1.06. The van der Waals surface area contributed by atoms with Gasteiger partial charge < -0.3 is 10.2 Å². The average Bonchev–Trinajstić information content (AvgIpc) is 3.08. The van der Waals surface area contributed by atoms with E-state index in [-0.39, 0.29) is 30.6 Å². The summed E-state index contributed by atoms with van der Waals surface area (Å²) in [6, 6.07) is 7.41. The second kappa shape index (κ2) is 7.38. The van der Waals surface area contributed by atoms with Gasteiger partial charge in [-0.15, -0.1) is 0 Å². The molecule has 1 N–H and O–H groups in total. The summed E-state index contributed by atoms with van der Waals surface area (Å²) in [6.07, 6.45) is 5.38. The van der Waals surface area contributed by atoms with Crippen molar-refractivity contribution < 1.29 is 13.6 Å². The van der Waals surface area contributed by atoms with Crippen LogP contribution in [-0.2, 0) is 6.42 Å². The number of amides is 2. The molecule has 1 fully saturated rings. The largest absolute Gasteiger partial charge is 0.338 e. The maximum absolute atomic E-state index is 13.6. The van der Waals surface area contributed by atoms with Gasteiger partial charge in [-0.05, 0) is 49.1 Å². The predicted molar refractivity (Wildman–Crippen MR) is 86.4 cm³/mol. The highest BCUT2D eigenvalue weighted by molar-refractivity contribution is 5.75. The lowest BCUT2D eigenvalue weighted by Gasteiger charge is -2.25. The Balaban J connectivity index is 1.59. The lowest BCUT2D eigenvalue weighted by atomic mass is 10.1. The second-order valence-electron chi connectivity index (χ2n) is 5.81. The zero-order valence-corrected chi connectivity index (χ0v) is 13.2. The SMILES string of the molecule is O=C(NCCc1c(F)cccc1F)N1CCC[C@H]1c1ccncc1. The number of benzene rings is 1. The van der Waals surface area contributed by atoms with Gasteiger partial charge in [0.2, 0.25) is 0 Å². The molecule has 0 unspecified atom stereocenters. The van der Waals surface area contributed by atoms with Crippen LogP contribution in [0.15, 0.2) is 42.7 Å². The first kappa shape index (κ1) is 16.4. The Hall–Kier alpha value is -2.50. The monoisotopic (exact) mass is 331 g/mol. The molecule has 1 atom stereocenters. The molecule has 4 nitrogen and oxygen atoms in total. The van der Waals surface area contributed by atoms with Gasteiger partial charge in [0.15, 0.2) is 0 Å². The molecule has 2 aromatic rings. The average molecular weight is 331 g/mol. The third-order valence-corrected chi connectivity index (χ3v) is 4.32. The summed E-state index contributed by atoms with van der Waals surface area (Å²) in [4.78, 5) is 18.2. The van der Waals surface area contributed by atoms with Crippen molar-refractivity contribution in [3.8, 4) is 0 Å². The molecule has 1 aliphatic heterocycles. The highest BCUT2D eigenvalue weighted by Gasteiger charge is 2.29. The molecule has 1 aromatic heterocycles. The first-order valence-corrected chi connectivity index (χ1v) is 8.04. The van der Waals surface area contributed by atoms with Crippen LogP contribution in [0.4, 0.5) is 13.6 Å². The van der Waals surface area contributed by atoms with Crippen LogP contribution in [0.5, 0.6) is 0 Å². The lowest BCUT2D eigenvalue weighted by Crippen LogP contribution is -2.40. The quantitative estimate of drug-likeness (QED) is 0.933. The summed E-state index contributed by atoms with van der Waals surface area (Å²) >= 11 is 0. The Kier molecular flexibility index (Phi) is 5.03. The van der Waals surface area contributed by atoms with Gasteiger partial charge in [-0.1, -0.05) is 6.07 Å². The third-order valence-electron chi connectivity index (χ3n) is 4.32. The highest BCUT2D eigenvalue weighted by atomic mass is 19.1. The van der Waals surface area contributed by atoms with Crippen molar-refractivity contribution in [2.24, 2.45) is 0 Å². The van der Waals surface area contributed by atoms with E-state index in [1.807, 2.05) is 12.1 Å². The van der Waals surface area contributed by atoms with Gasteiger partial charge in [0.25, 0.3) is 0 Å². The number of aromatic nitrogens is 1. The molecule has 1 aliphatic rings. The molecule has 0 aliphatic carbocycles. The number of pyridine rings is 1. The first-order valence-electron chi connectivity index (χ1n) is 8.04. The zero-order valence-electron chi connectivity index (χ0n) is 13.2. The molecule has 0 bridgehead atoms. The smallest absolute Gasteiger partial charge is 0.317 e. The van der Waals surface area contributed by atoms with Gasteiger partial charge in [-0.3, -0.25) is 4.98 Å². The van der Waals surface area contributed by atoms with E-state index in [1.165, 1.54) is 18.2 Å². The number of hydrogen-bond donors (Lipinski definition) is 1. The molecule has 2 amide bonds. The maximum Gasteiger partial charge on any atom is 0.317 e. The number of rotatable bonds is 4. The van der Waals surface area contributed by atoms with E-state index in [0.717, 1.165) is 18.4 Å². The van der Waals surface area contributed by atoms with Crippen LogP contribution in [0.2, 0.25) is 0 Å². The third kappa shape index (κ3) is 3.53. The number of nitrogens with one attached hydrogen (secondary N) is 1. The van der Waals surface area contributed by atoms with Crippen molar-refractivity contribution in [1.82, 2.24) is 15.2 Å². The Morgan fingerprint density at radius 1 is 1.21 bits per heavy atom. The van der Waals surface area contributed by atoms with Crippen molar-refractivity contribution in [3.63, 3.8) is 0 Å². The summed E-state index contributed by atoms with van der Waals surface area (Å²) < 4.78 is 27.2. The van der Waals surface area contributed by atoms with Crippen LogP contribution >= 0.6 is 0 Å². The minimum atomic E-state index is -0.583. The van der Waals surface area contributed by atoms with E-state index in [2.05, 4.69) is 10.3 Å². The van der Waals surface area contributed by atoms with Crippen molar-refractivity contribution in [1.29, 1.82) is 0 Å². The second-order valence-corrected chi connectivity index (χ2v) is 5.81. The number of carbonyl (C=O) groups excluding carboxylic acids is 1. The first-order chi connectivity index (χ1) is 11.7. The molecule has 126 valence electrons. The summed E-state index contributed by atoms with van der Waals surface area (Å²) in [5.74, 6) is -1.17. The number of carbonyl (C=O) groups is 1. The van der Waals surface area contributed by atoms with Gasteiger partial charge >= 0.3 is 6.03 Å². The zero-order chi connectivity index (χ0) is 16.9. The minimum Gasteiger partial charge on any atom is -0.338 e. The van der Waals surface area contributed by atoms with E-state index in [4.69, 9.17) is 0 Å². The molecular weight excluding hydrogens is 312 g/mol. The minimum absolute atomic E-state index is 0.00454. The van der Waals surface area contributed by atoms with Crippen molar-refractivity contribution in [2.45, 2.75) is 25.3 Å². The fourth-order valence-corrected chi connectivity index (χ4v) is 3.11. The standard InChI is InChI=1S/C18H19F2N3O/c19-15-3-1-4-16(20)14(15)8-11-22-18(24)23-12-2-5-17(23)13-6-9-21-10-7-13/h1,3-4,6-7,9-10,17H,2,5,8,11-12H2,(H,22,24)/t17-/m0/s1. The summed E-state index contributed by atoms with van der Waals surface area (Å²) in [5, 5.41) is 2.77. The number of nitrogens with zero attached hydrogens (tertiary/aromatic N) is 2. The van der Waals surface area contributed by atoms with Gasteiger partial charge in [0.1, 0.15) is 11.6 Å². The van der Waals surface area contributed by atoms with Gasteiger partial charge in [0, 0.05) is 31.0 Å². The van der Waals surface area contributed by atoms with Crippen molar-refractivity contribution in [3.05, 3.63) is 65.5 Å². The normalized spacial score (nSPS) is 17.1. The maximum atomic E-state index is 13.6. The summed E-state index contributed by atoms with van der Waals surface area (Å²) in [7, 11) is 0. The van der Waals surface area contributed by atoms with Crippen molar-refractivity contribution in [2.75, 3.05) is 13.1 Å². The molecule has 24 heavy (non-hydrogen) atoms. The van der Waals surface area contributed by atoms with Crippen LogP contribution in [0.25, 0.3) is 0 Å². The number of halogens is 2. The molecule has 6 heteroatoms. The Morgan fingerprint density at radius 3 is 2.62 bits per heavy atom. The molecule has 0 radical (unpaired) electrons. The molecule has 2 heterocycles. The van der Waals surface area contributed by atoms with Gasteiger partial charge in [0.05, 0.1) is 6.04 Å². The number of hydrogen-bond acceptors (Lipinski definition) is 2. The Morgan fingerprint density at radius 2 is 1.92 bits per heavy atom. The predicted octanol–water partition coefficient (Wildman–Crippen LogP) is 3.45. The molecule has 0 spiro atoms. The highest BCUT2D eigenvalue weighted by Crippen LogP contribution is 2.31. The Bertz CT molecular complexity index is 688. The van der Waals surface area contributed by atoms with E-state index in [0.29, 0.717) is 6.54 Å². The van der Waals surface area contributed by atoms with E-state index in [1.54, 1.807) is 17.3 Å². The van der Waals surface area contributed by atoms with Crippen LogP contribution in [0.1, 0.15) is 30.0 Å². The van der Waals surface area contributed by atoms with Crippen molar-refractivity contribution >= 4 is 6.03 Å². The topological polar surface area (TPSA) is 45.2 Å². The molecular formula is C18H19F2N3O. The molecule has 1 saturated heterocycles. The van der Waals surface area contributed by atoms with Crippen LogP contribution < -0.4 is 5.32 Å². The molecule has 3 rings (SSSR count). The Labute approximate surface area is 139 Å². The van der Waals surface area contributed by atoms with E-state index in [9.17, 15) is 13.6 Å². The van der Waals surface area contributed by atoms with Gasteiger partial charge in [-0.2, -0.15) is 0 Å². The van der Waals surface area contributed by atoms with Crippen LogP contribution in [-0.4, -0.2) is 29.0 Å². The molecule has 1 aromatic carbocycles. The van der Waals surface area contributed by atoms with E-state index >= 15 is 0 Å². The van der Waals surface area contributed by atoms with Crippen LogP contribution in [0.3, 0.4) is 0 Å². The van der Waals surface area contributed by atoms with E-state index < -0.39 is 11.6 Å². The molecule has 0 saturated carbocycles. The fraction of sp³-hybridized carbons (Fsp3) is 0.333. The fourth-order valence-electron chi connectivity index (χ4n) is 3.11. The number of urea groups is 1. The lowest BCUT2D eigenvalue weighted by molar-refractivity contribution is 0.193.